The van der Waals surface area contributed by atoms with Gasteiger partial charge in [0.25, 0.3) is 0 Å². The highest BCUT2D eigenvalue weighted by Crippen LogP contribution is 2.35. The maximum absolute atomic E-state index is 10.0. The molecule has 0 atom stereocenters. The van der Waals surface area contributed by atoms with E-state index in [9.17, 15) is 5.11 Å². The van der Waals surface area contributed by atoms with Gasteiger partial charge in [0, 0.05) is 5.56 Å². The fraction of sp³-hybridized carbons (Fsp3) is 0.200. The number of benzene rings is 2. The lowest BCUT2D eigenvalue weighted by molar-refractivity contribution is 0.476. The van der Waals surface area contributed by atoms with Crippen LogP contribution in [0.4, 0.5) is 0 Å². The summed E-state index contributed by atoms with van der Waals surface area (Å²) in [6.07, 6.45) is 3.47. The van der Waals surface area contributed by atoms with Crippen molar-refractivity contribution in [1.82, 2.24) is 0 Å². The number of rotatable bonds is 1. The molecule has 0 aliphatic heterocycles. The van der Waals surface area contributed by atoms with Crippen LogP contribution in [-0.2, 0) is 12.8 Å². The molecule has 80 valence electrons. The maximum atomic E-state index is 10.0. The standard InChI is InChI=1S/C15H14O/c16-15-10-13-8-4-7-12(13)9-14(15)11-5-2-1-3-6-11/h1-3,5-6,9-10,16H,4,7-8H2. The van der Waals surface area contributed by atoms with Crippen LogP contribution >= 0.6 is 0 Å². The van der Waals surface area contributed by atoms with Crippen LogP contribution in [0.1, 0.15) is 17.5 Å². The summed E-state index contributed by atoms with van der Waals surface area (Å²) in [5.41, 5.74) is 4.77. The fourth-order valence-electron chi connectivity index (χ4n) is 2.46. The normalized spacial score (nSPS) is 13.8. The van der Waals surface area contributed by atoms with Crippen LogP contribution in [0.5, 0.6) is 5.75 Å². The Labute approximate surface area is 95.4 Å². The van der Waals surface area contributed by atoms with Gasteiger partial charge in [-0.25, -0.2) is 0 Å². The van der Waals surface area contributed by atoms with Crippen LogP contribution < -0.4 is 0 Å². The lowest BCUT2D eigenvalue weighted by Gasteiger charge is -2.08. The highest BCUT2D eigenvalue weighted by Gasteiger charge is 2.14. The summed E-state index contributed by atoms with van der Waals surface area (Å²) >= 11 is 0. The number of fused-ring (bicyclic) bond motifs is 1. The van der Waals surface area contributed by atoms with Crippen molar-refractivity contribution in [3.05, 3.63) is 53.6 Å². The Balaban J connectivity index is 2.15. The predicted octanol–water partition coefficient (Wildman–Crippen LogP) is 3.55. The van der Waals surface area contributed by atoms with E-state index in [1.165, 1.54) is 17.5 Å². The summed E-state index contributed by atoms with van der Waals surface area (Å²) in [6, 6.07) is 14.2. The van der Waals surface area contributed by atoms with Crippen LogP contribution in [0.2, 0.25) is 0 Å². The molecular weight excluding hydrogens is 196 g/mol. The molecule has 1 aliphatic carbocycles. The van der Waals surface area contributed by atoms with Gasteiger partial charge >= 0.3 is 0 Å². The van der Waals surface area contributed by atoms with Crippen molar-refractivity contribution in [2.24, 2.45) is 0 Å². The van der Waals surface area contributed by atoms with Gasteiger partial charge in [-0.2, -0.15) is 0 Å². The first-order chi connectivity index (χ1) is 7.84. The minimum atomic E-state index is 0.409. The van der Waals surface area contributed by atoms with Gasteiger partial charge in [-0.1, -0.05) is 30.3 Å². The molecule has 1 nitrogen and oxygen atoms in total. The third kappa shape index (κ3) is 1.49. The third-order valence-corrected chi connectivity index (χ3v) is 3.29. The Kier molecular flexibility index (Phi) is 2.17. The molecule has 0 fully saturated rings. The monoisotopic (exact) mass is 210 g/mol. The number of phenols is 1. The van der Waals surface area contributed by atoms with Gasteiger partial charge in [0.15, 0.2) is 0 Å². The molecule has 0 spiro atoms. The van der Waals surface area contributed by atoms with Gasteiger partial charge in [-0.05, 0) is 48.1 Å². The van der Waals surface area contributed by atoms with Crippen LogP contribution in [0, 0.1) is 0 Å². The summed E-state index contributed by atoms with van der Waals surface area (Å²) < 4.78 is 0. The first-order valence-electron chi connectivity index (χ1n) is 5.75. The topological polar surface area (TPSA) is 20.2 Å². The van der Waals surface area contributed by atoms with E-state index in [4.69, 9.17) is 0 Å². The van der Waals surface area contributed by atoms with Gasteiger partial charge in [-0.15, -0.1) is 0 Å². The molecule has 2 aromatic rings. The zero-order valence-corrected chi connectivity index (χ0v) is 9.11. The summed E-state index contributed by atoms with van der Waals surface area (Å²) in [4.78, 5) is 0. The molecule has 0 amide bonds. The zero-order chi connectivity index (χ0) is 11.0. The third-order valence-electron chi connectivity index (χ3n) is 3.29. The lowest BCUT2D eigenvalue weighted by Crippen LogP contribution is -1.86. The molecule has 0 unspecified atom stereocenters. The quantitative estimate of drug-likeness (QED) is 0.763. The molecule has 1 aliphatic rings. The largest absolute Gasteiger partial charge is 0.507 e. The Morgan fingerprint density at radius 3 is 2.31 bits per heavy atom. The molecule has 0 bridgehead atoms. The highest BCUT2D eigenvalue weighted by atomic mass is 16.3. The van der Waals surface area contributed by atoms with E-state index in [1.54, 1.807) is 0 Å². The first kappa shape index (κ1) is 9.46. The molecule has 2 aromatic carbocycles. The van der Waals surface area contributed by atoms with Crippen LogP contribution in [0.15, 0.2) is 42.5 Å². The van der Waals surface area contributed by atoms with Crippen molar-refractivity contribution >= 4 is 0 Å². The molecular formula is C15H14O. The number of hydrogen-bond donors (Lipinski definition) is 1. The Bertz CT molecular complexity index is 514. The second-order valence-electron chi connectivity index (χ2n) is 4.36. The van der Waals surface area contributed by atoms with E-state index in [-0.39, 0.29) is 0 Å². The van der Waals surface area contributed by atoms with Gasteiger partial charge in [0.1, 0.15) is 5.75 Å². The molecule has 0 saturated heterocycles. The van der Waals surface area contributed by atoms with Crippen LogP contribution in [0.3, 0.4) is 0 Å². The second-order valence-corrected chi connectivity index (χ2v) is 4.36. The number of aromatic hydroxyl groups is 1. The van der Waals surface area contributed by atoms with Crippen molar-refractivity contribution in [1.29, 1.82) is 0 Å². The molecule has 1 heteroatoms. The lowest BCUT2D eigenvalue weighted by atomic mass is 9.99. The Morgan fingerprint density at radius 2 is 1.56 bits per heavy atom. The highest BCUT2D eigenvalue weighted by molar-refractivity contribution is 5.71. The summed E-state index contributed by atoms with van der Waals surface area (Å²) in [5, 5.41) is 10.0. The molecule has 16 heavy (non-hydrogen) atoms. The van der Waals surface area contributed by atoms with Crippen LogP contribution in [0.25, 0.3) is 11.1 Å². The van der Waals surface area contributed by atoms with Gasteiger partial charge in [-0.3, -0.25) is 0 Å². The zero-order valence-electron chi connectivity index (χ0n) is 9.11. The SMILES string of the molecule is Oc1cc2c(cc1-c1ccccc1)CCC2. The van der Waals surface area contributed by atoms with Gasteiger partial charge < -0.3 is 5.11 Å². The molecule has 0 aromatic heterocycles. The minimum absolute atomic E-state index is 0.409. The van der Waals surface area contributed by atoms with E-state index in [0.717, 1.165) is 24.0 Å². The number of hydrogen-bond acceptors (Lipinski definition) is 1. The second kappa shape index (κ2) is 3.67. The van der Waals surface area contributed by atoms with E-state index >= 15 is 0 Å². The summed E-state index contributed by atoms with van der Waals surface area (Å²) in [6.45, 7) is 0. The van der Waals surface area contributed by atoms with E-state index in [1.807, 2.05) is 36.4 Å². The summed E-state index contributed by atoms with van der Waals surface area (Å²) in [7, 11) is 0. The van der Waals surface area contributed by atoms with Crippen molar-refractivity contribution in [3.63, 3.8) is 0 Å². The Hall–Kier alpha value is -1.76. The molecule has 0 radical (unpaired) electrons. The molecule has 1 N–H and O–H groups in total. The average molecular weight is 210 g/mol. The maximum Gasteiger partial charge on any atom is 0.123 e. The smallest absolute Gasteiger partial charge is 0.123 e. The summed E-state index contributed by atoms with van der Waals surface area (Å²) in [5.74, 6) is 0.409. The van der Waals surface area contributed by atoms with Gasteiger partial charge in [0.05, 0.1) is 0 Å². The molecule has 3 rings (SSSR count). The fourth-order valence-corrected chi connectivity index (χ4v) is 2.46. The molecule has 0 saturated carbocycles. The Morgan fingerprint density at radius 1 is 0.875 bits per heavy atom. The van der Waals surface area contributed by atoms with E-state index in [0.29, 0.717) is 5.75 Å². The average Bonchev–Trinajstić information content (AvgIpc) is 2.76. The van der Waals surface area contributed by atoms with E-state index < -0.39 is 0 Å². The van der Waals surface area contributed by atoms with Crippen molar-refractivity contribution in [3.8, 4) is 16.9 Å². The van der Waals surface area contributed by atoms with Crippen molar-refractivity contribution < 1.29 is 5.11 Å². The van der Waals surface area contributed by atoms with Gasteiger partial charge in [0.2, 0.25) is 0 Å². The van der Waals surface area contributed by atoms with Crippen LogP contribution in [-0.4, -0.2) is 5.11 Å². The van der Waals surface area contributed by atoms with E-state index in [2.05, 4.69) is 6.07 Å². The van der Waals surface area contributed by atoms with Crippen molar-refractivity contribution in [2.75, 3.05) is 0 Å². The predicted molar refractivity (Wildman–Crippen MR) is 65.6 cm³/mol. The minimum Gasteiger partial charge on any atom is -0.507 e. The first-order valence-corrected chi connectivity index (χ1v) is 5.75. The molecule has 0 heterocycles. The number of phenolic OH excluding ortho intramolecular Hbond substituents is 1. The van der Waals surface area contributed by atoms with Crippen molar-refractivity contribution in [2.45, 2.75) is 19.3 Å². The number of aryl methyl sites for hydroxylation is 2.